The number of hydrogen-bond donors (Lipinski definition) is 3. The molecule has 0 saturated carbocycles. The van der Waals surface area contributed by atoms with Gasteiger partial charge in [-0.3, -0.25) is 0 Å². The molecule has 134 valence electrons. The Morgan fingerprint density at radius 3 is 2.52 bits per heavy atom. The molecule has 0 spiro atoms. The maximum atomic E-state index is 5.52. The Labute approximate surface area is 156 Å². The van der Waals surface area contributed by atoms with E-state index in [2.05, 4.69) is 50.7 Å². The normalized spacial score (nSPS) is 11.9. The minimum Gasteiger partial charge on any atom is -0.496 e. The largest absolute Gasteiger partial charge is 0.496 e. The smallest absolute Gasteiger partial charge is 0.171 e. The molecule has 1 atom stereocenters. The Bertz CT molecular complexity index is 731. The topological polar surface area (TPSA) is 37.7 Å². The lowest BCUT2D eigenvalue weighted by Gasteiger charge is -2.24. The van der Waals surface area contributed by atoms with Gasteiger partial charge in [0, 0.05) is 5.69 Å². The standard InChI is InChI=1S/C20H27N3OS/c1-14-9-8-11-17(15(14)2)22-20(25)21-13-18(23(3)4)16-10-6-7-12-19(16)24-5/h6-12,18H,13H2,1-5H3,(H2,21,22,25)/p+1/t18-/m0/s1. The summed E-state index contributed by atoms with van der Waals surface area (Å²) < 4.78 is 5.52. The van der Waals surface area contributed by atoms with Crippen molar-refractivity contribution in [1.29, 1.82) is 0 Å². The van der Waals surface area contributed by atoms with Crippen LogP contribution < -0.4 is 20.3 Å². The van der Waals surface area contributed by atoms with Crippen molar-refractivity contribution in [2.24, 2.45) is 0 Å². The number of methoxy groups -OCH3 is 1. The van der Waals surface area contributed by atoms with Gasteiger partial charge in [0.05, 0.1) is 33.3 Å². The van der Waals surface area contributed by atoms with Crippen LogP contribution in [-0.2, 0) is 0 Å². The Kier molecular flexibility index (Phi) is 6.79. The number of benzene rings is 2. The zero-order chi connectivity index (χ0) is 18.4. The first-order valence-corrected chi connectivity index (χ1v) is 8.89. The van der Waals surface area contributed by atoms with Crippen LogP contribution in [0.15, 0.2) is 42.5 Å². The van der Waals surface area contributed by atoms with Crippen LogP contribution >= 0.6 is 12.2 Å². The summed E-state index contributed by atoms with van der Waals surface area (Å²) in [4.78, 5) is 1.31. The first kappa shape index (κ1) is 19.2. The fourth-order valence-electron chi connectivity index (χ4n) is 2.83. The maximum Gasteiger partial charge on any atom is 0.171 e. The average molecular weight is 359 g/mol. The molecule has 3 N–H and O–H groups in total. The average Bonchev–Trinajstić information content (AvgIpc) is 2.59. The molecule has 2 aromatic rings. The van der Waals surface area contributed by atoms with Gasteiger partial charge in [-0.2, -0.15) is 0 Å². The third-order valence-corrected chi connectivity index (χ3v) is 4.78. The number of quaternary nitrogens is 1. The summed E-state index contributed by atoms with van der Waals surface area (Å²) in [7, 11) is 5.99. The third kappa shape index (κ3) is 4.94. The highest BCUT2D eigenvalue weighted by Crippen LogP contribution is 2.22. The van der Waals surface area contributed by atoms with E-state index in [1.54, 1.807) is 7.11 Å². The first-order chi connectivity index (χ1) is 11.9. The Morgan fingerprint density at radius 1 is 1.12 bits per heavy atom. The summed E-state index contributed by atoms with van der Waals surface area (Å²) in [6.07, 6.45) is 0. The number of nitrogens with one attached hydrogen (secondary N) is 3. The Hall–Kier alpha value is -2.11. The van der Waals surface area contributed by atoms with Gasteiger partial charge in [0.1, 0.15) is 11.8 Å². The van der Waals surface area contributed by atoms with Gasteiger partial charge in [-0.05, 0) is 55.4 Å². The van der Waals surface area contributed by atoms with E-state index in [1.165, 1.54) is 21.6 Å². The molecule has 0 aromatic heterocycles. The molecule has 25 heavy (non-hydrogen) atoms. The maximum absolute atomic E-state index is 5.52. The van der Waals surface area contributed by atoms with E-state index < -0.39 is 0 Å². The van der Waals surface area contributed by atoms with Gasteiger partial charge in [-0.25, -0.2) is 0 Å². The molecule has 0 unspecified atom stereocenters. The summed E-state index contributed by atoms with van der Waals surface area (Å²) in [5.74, 6) is 0.906. The molecule has 0 heterocycles. The molecule has 5 heteroatoms. The lowest BCUT2D eigenvalue weighted by atomic mass is 10.0. The van der Waals surface area contributed by atoms with Crippen LogP contribution in [0, 0.1) is 13.8 Å². The monoisotopic (exact) mass is 358 g/mol. The van der Waals surface area contributed by atoms with Crippen LogP contribution in [0.2, 0.25) is 0 Å². The molecular weight excluding hydrogens is 330 g/mol. The third-order valence-electron chi connectivity index (χ3n) is 4.53. The summed E-state index contributed by atoms with van der Waals surface area (Å²) >= 11 is 5.49. The van der Waals surface area contributed by atoms with Crippen molar-refractivity contribution in [3.05, 3.63) is 59.2 Å². The molecule has 0 radical (unpaired) electrons. The van der Waals surface area contributed by atoms with Gasteiger partial charge < -0.3 is 20.3 Å². The molecule has 0 fully saturated rings. The second kappa shape index (κ2) is 8.83. The Morgan fingerprint density at radius 2 is 1.84 bits per heavy atom. The van der Waals surface area contributed by atoms with E-state index in [9.17, 15) is 0 Å². The quantitative estimate of drug-likeness (QED) is 0.694. The molecule has 0 aliphatic carbocycles. The van der Waals surface area contributed by atoms with E-state index in [0.29, 0.717) is 5.11 Å². The summed E-state index contributed by atoms with van der Waals surface area (Å²) in [6.45, 7) is 4.92. The van der Waals surface area contributed by atoms with Gasteiger partial charge >= 0.3 is 0 Å². The van der Waals surface area contributed by atoms with E-state index in [0.717, 1.165) is 18.0 Å². The molecule has 2 rings (SSSR count). The van der Waals surface area contributed by atoms with Crippen LogP contribution in [-0.4, -0.2) is 32.9 Å². The van der Waals surface area contributed by atoms with Crippen LogP contribution in [0.4, 0.5) is 5.69 Å². The van der Waals surface area contributed by atoms with Crippen LogP contribution in [0.3, 0.4) is 0 Å². The SMILES string of the molecule is COc1ccccc1[C@H](CNC(=S)Nc1cccc(C)c1C)[NH+](C)C. The van der Waals surface area contributed by atoms with Gasteiger partial charge in [0.25, 0.3) is 0 Å². The fraction of sp³-hybridized carbons (Fsp3) is 0.350. The number of rotatable bonds is 6. The summed E-state index contributed by atoms with van der Waals surface area (Å²) in [5.41, 5.74) is 4.68. The number of anilines is 1. The molecule has 0 amide bonds. The lowest BCUT2D eigenvalue weighted by Crippen LogP contribution is -3.07. The van der Waals surface area contributed by atoms with Crippen molar-refractivity contribution < 1.29 is 9.64 Å². The summed E-state index contributed by atoms with van der Waals surface area (Å²) in [6, 6.07) is 14.6. The lowest BCUT2D eigenvalue weighted by molar-refractivity contribution is -0.890. The van der Waals surface area contributed by atoms with Gasteiger partial charge in [-0.15, -0.1) is 0 Å². The molecule has 2 aromatic carbocycles. The number of ether oxygens (including phenoxy) is 1. The second-order valence-corrected chi connectivity index (χ2v) is 6.86. The van der Waals surface area contributed by atoms with E-state index >= 15 is 0 Å². The molecule has 0 saturated heterocycles. The van der Waals surface area contributed by atoms with Crippen molar-refractivity contribution in [2.75, 3.05) is 33.1 Å². The van der Waals surface area contributed by atoms with Crippen molar-refractivity contribution in [1.82, 2.24) is 5.32 Å². The number of aryl methyl sites for hydroxylation is 1. The highest BCUT2D eigenvalue weighted by Gasteiger charge is 2.21. The van der Waals surface area contributed by atoms with Gasteiger partial charge in [0.15, 0.2) is 5.11 Å². The number of likely N-dealkylation sites (N-methyl/N-ethyl adjacent to an activating group) is 1. The van der Waals surface area contributed by atoms with Crippen LogP contribution in [0.5, 0.6) is 5.75 Å². The fourth-order valence-corrected chi connectivity index (χ4v) is 3.02. The van der Waals surface area contributed by atoms with Crippen molar-refractivity contribution >= 4 is 23.0 Å². The van der Waals surface area contributed by atoms with Crippen molar-refractivity contribution in [2.45, 2.75) is 19.9 Å². The van der Waals surface area contributed by atoms with Crippen molar-refractivity contribution in [3.8, 4) is 5.75 Å². The molecule has 4 nitrogen and oxygen atoms in total. The van der Waals surface area contributed by atoms with Crippen molar-refractivity contribution in [3.63, 3.8) is 0 Å². The minimum absolute atomic E-state index is 0.231. The van der Waals surface area contributed by atoms with Gasteiger partial charge in [0.2, 0.25) is 0 Å². The van der Waals surface area contributed by atoms with Crippen LogP contribution in [0.1, 0.15) is 22.7 Å². The van der Waals surface area contributed by atoms with E-state index in [4.69, 9.17) is 17.0 Å². The van der Waals surface area contributed by atoms with Gasteiger partial charge in [-0.1, -0.05) is 24.3 Å². The van der Waals surface area contributed by atoms with E-state index in [-0.39, 0.29) is 6.04 Å². The molecule has 0 aliphatic rings. The highest BCUT2D eigenvalue weighted by molar-refractivity contribution is 7.80. The number of hydrogen-bond acceptors (Lipinski definition) is 2. The molecule has 0 bridgehead atoms. The predicted octanol–water partition coefficient (Wildman–Crippen LogP) is 2.48. The Balaban J connectivity index is 2.06. The van der Waals surface area contributed by atoms with Crippen LogP contribution in [0.25, 0.3) is 0 Å². The second-order valence-electron chi connectivity index (χ2n) is 6.45. The first-order valence-electron chi connectivity index (χ1n) is 8.48. The number of para-hydroxylation sites is 1. The summed E-state index contributed by atoms with van der Waals surface area (Å²) in [5, 5.41) is 7.29. The predicted molar refractivity (Wildman–Crippen MR) is 109 cm³/mol. The van der Waals surface area contributed by atoms with E-state index in [1.807, 2.05) is 30.3 Å². The molecular formula is C20H28N3OS+. The zero-order valence-corrected chi connectivity index (χ0v) is 16.5. The highest BCUT2D eigenvalue weighted by atomic mass is 32.1. The molecule has 0 aliphatic heterocycles. The number of thiocarbonyl (C=S) groups is 1. The zero-order valence-electron chi connectivity index (χ0n) is 15.6. The minimum atomic E-state index is 0.231.